The number of likely N-dealkylation sites (N-methyl/N-ethyl adjacent to an activating group) is 1. The van der Waals surface area contributed by atoms with Crippen LogP contribution >= 0.6 is 0 Å². The Morgan fingerprint density at radius 2 is 1.76 bits per heavy atom. The Bertz CT molecular complexity index is 1160. The molecule has 29 heavy (non-hydrogen) atoms. The summed E-state index contributed by atoms with van der Waals surface area (Å²) in [5.74, 6) is 6.56. The second-order valence-corrected chi connectivity index (χ2v) is 7.59. The third kappa shape index (κ3) is 4.55. The zero-order chi connectivity index (χ0) is 20.2. The molecule has 0 amide bonds. The van der Waals surface area contributed by atoms with Crippen LogP contribution < -0.4 is 5.56 Å². The molecule has 4 nitrogen and oxygen atoms in total. The van der Waals surface area contributed by atoms with E-state index >= 15 is 0 Å². The van der Waals surface area contributed by atoms with Crippen LogP contribution in [-0.2, 0) is 13.0 Å². The molecule has 0 aliphatic carbocycles. The van der Waals surface area contributed by atoms with Gasteiger partial charge in [0, 0.05) is 30.6 Å². The van der Waals surface area contributed by atoms with Gasteiger partial charge >= 0.3 is 0 Å². The van der Waals surface area contributed by atoms with Crippen molar-refractivity contribution >= 4 is 10.9 Å². The number of rotatable bonds is 0. The first-order valence-corrected chi connectivity index (χ1v) is 10.1. The normalized spacial score (nSPS) is 15.4. The van der Waals surface area contributed by atoms with E-state index in [1.54, 1.807) is 18.2 Å². The Morgan fingerprint density at radius 1 is 0.966 bits per heavy atom. The lowest BCUT2D eigenvalue weighted by molar-refractivity contribution is 0.315. The lowest BCUT2D eigenvalue weighted by Crippen LogP contribution is -2.30. The van der Waals surface area contributed by atoms with Crippen molar-refractivity contribution in [2.24, 2.45) is 0 Å². The van der Waals surface area contributed by atoms with Crippen LogP contribution in [0.5, 0.6) is 0 Å². The second-order valence-electron chi connectivity index (χ2n) is 7.59. The smallest absolute Gasteiger partial charge is 0.261 e. The van der Waals surface area contributed by atoms with E-state index in [0.717, 1.165) is 56.7 Å². The molecule has 1 aromatic heterocycles. The summed E-state index contributed by atoms with van der Waals surface area (Å²) in [6.07, 6.45) is 4.02. The average molecular weight is 389 g/mol. The third-order valence-corrected chi connectivity index (χ3v) is 5.35. The second kappa shape index (κ2) is 8.59. The fourth-order valence-corrected chi connectivity index (χ4v) is 3.71. The number of hydrogen-bond donors (Lipinski definition) is 0. The number of hydrogen-bond acceptors (Lipinski definition) is 3. The Balaban J connectivity index is 1.72. The van der Waals surface area contributed by atoms with Crippen LogP contribution in [0.15, 0.2) is 47.3 Å². The first kappa shape index (κ1) is 19.4. The number of halogens is 1. The van der Waals surface area contributed by atoms with Gasteiger partial charge in [-0.2, -0.15) is 0 Å². The van der Waals surface area contributed by atoms with Gasteiger partial charge in [0.25, 0.3) is 5.56 Å². The van der Waals surface area contributed by atoms with Crippen molar-refractivity contribution in [3.8, 4) is 11.8 Å². The monoisotopic (exact) mass is 389 g/mol. The largest absolute Gasteiger partial charge is 0.306 e. The van der Waals surface area contributed by atoms with Gasteiger partial charge in [-0.25, -0.2) is 9.37 Å². The Morgan fingerprint density at radius 3 is 2.59 bits per heavy atom. The van der Waals surface area contributed by atoms with Crippen molar-refractivity contribution in [3.05, 3.63) is 75.6 Å². The van der Waals surface area contributed by atoms with E-state index in [-0.39, 0.29) is 11.4 Å². The molecule has 2 aromatic carbocycles. The van der Waals surface area contributed by atoms with E-state index in [2.05, 4.69) is 23.8 Å². The molecule has 1 aliphatic heterocycles. The minimum atomic E-state index is -0.305. The van der Waals surface area contributed by atoms with Gasteiger partial charge in [0.05, 0.1) is 10.9 Å². The van der Waals surface area contributed by atoms with E-state index in [1.165, 1.54) is 12.1 Å². The van der Waals surface area contributed by atoms with Crippen LogP contribution in [0, 0.1) is 17.7 Å². The summed E-state index contributed by atoms with van der Waals surface area (Å²) >= 11 is 0. The summed E-state index contributed by atoms with van der Waals surface area (Å²) in [6.45, 7) is 2.69. The molecule has 1 aliphatic rings. The van der Waals surface area contributed by atoms with E-state index in [4.69, 9.17) is 4.98 Å². The first-order chi connectivity index (χ1) is 14.1. The number of aromatic nitrogens is 2. The summed E-state index contributed by atoms with van der Waals surface area (Å²) in [4.78, 5) is 20.2. The van der Waals surface area contributed by atoms with Crippen molar-refractivity contribution in [1.29, 1.82) is 0 Å². The summed E-state index contributed by atoms with van der Waals surface area (Å²) in [5.41, 5.74) is 2.08. The van der Waals surface area contributed by atoms with Crippen molar-refractivity contribution in [2.45, 2.75) is 32.2 Å². The van der Waals surface area contributed by atoms with Crippen LogP contribution in [0.1, 0.15) is 36.2 Å². The maximum Gasteiger partial charge on any atom is 0.261 e. The molecule has 0 bridgehead atoms. The maximum atomic E-state index is 13.3. The molecule has 3 aromatic rings. The highest BCUT2D eigenvalue weighted by Gasteiger charge is 2.13. The standard InChI is InChI=1S/C24H24FN3O/c1-27-13-3-2-4-14-28-23(12-15-27)26-22-17-19(10-11-21(22)24(28)29)9-8-18-6-5-7-20(25)16-18/h5-7,10-11,16-17H,2-4,12-15H2,1H3. The zero-order valence-corrected chi connectivity index (χ0v) is 16.6. The van der Waals surface area contributed by atoms with Crippen molar-refractivity contribution in [2.75, 3.05) is 20.1 Å². The van der Waals surface area contributed by atoms with Gasteiger partial charge in [-0.15, -0.1) is 0 Å². The lowest BCUT2D eigenvalue weighted by atomic mass is 10.1. The van der Waals surface area contributed by atoms with Crippen LogP contribution in [0.25, 0.3) is 10.9 Å². The summed E-state index contributed by atoms with van der Waals surface area (Å²) in [6, 6.07) is 11.7. The van der Waals surface area contributed by atoms with Gasteiger partial charge < -0.3 is 4.90 Å². The Kier molecular flexibility index (Phi) is 5.73. The fourth-order valence-electron chi connectivity index (χ4n) is 3.71. The van der Waals surface area contributed by atoms with Crippen LogP contribution in [-0.4, -0.2) is 34.6 Å². The first-order valence-electron chi connectivity index (χ1n) is 10.1. The highest BCUT2D eigenvalue weighted by Crippen LogP contribution is 2.14. The van der Waals surface area contributed by atoms with Gasteiger partial charge in [-0.05, 0) is 62.8 Å². The molecule has 0 fully saturated rings. The molecular formula is C24H24FN3O. The molecule has 0 atom stereocenters. The molecule has 2 heterocycles. The predicted molar refractivity (Wildman–Crippen MR) is 113 cm³/mol. The summed E-state index contributed by atoms with van der Waals surface area (Å²) in [7, 11) is 2.12. The molecule has 0 saturated carbocycles. The average Bonchev–Trinajstić information content (AvgIpc) is 2.72. The molecule has 5 heteroatoms. The van der Waals surface area contributed by atoms with Crippen LogP contribution in [0.2, 0.25) is 0 Å². The fraction of sp³-hybridized carbons (Fsp3) is 0.333. The predicted octanol–water partition coefficient (Wildman–Crippen LogP) is 3.59. The zero-order valence-electron chi connectivity index (χ0n) is 16.6. The summed E-state index contributed by atoms with van der Waals surface area (Å²) < 4.78 is 15.2. The summed E-state index contributed by atoms with van der Waals surface area (Å²) in [5, 5.41) is 0.621. The third-order valence-electron chi connectivity index (χ3n) is 5.35. The molecule has 4 rings (SSSR count). The molecule has 0 unspecified atom stereocenters. The topological polar surface area (TPSA) is 38.1 Å². The van der Waals surface area contributed by atoms with Crippen molar-refractivity contribution < 1.29 is 4.39 Å². The quantitative estimate of drug-likeness (QED) is 0.552. The van der Waals surface area contributed by atoms with Gasteiger partial charge in [0.1, 0.15) is 11.6 Å². The maximum absolute atomic E-state index is 13.3. The minimum absolute atomic E-state index is 0.0258. The van der Waals surface area contributed by atoms with Crippen molar-refractivity contribution in [1.82, 2.24) is 14.5 Å². The Hall–Kier alpha value is -2.97. The van der Waals surface area contributed by atoms with E-state index < -0.39 is 0 Å². The number of benzene rings is 2. The van der Waals surface area contributed by atoms with Gasteiger partial charge in [-0.1, -0.05) is 24.3 Å². The molecule has 148 valence electrons. The lowest BCUT2D eigenvalue weighted by Gasteiger charge is -2.20. The number of fused-ring (bicyclic) bond motifs is 2. The van der Waals surface area contributed by atoms with Crippen molar-refractivity contribution in [3.63, 3.8) is 0 Å². The Labute approximate surface area is 170 Å². The van der Waals surface area contributed by atoms with Gasteiger partial charge in [0.2, 0.25) is 0 Å². The van der Waals surface area contributed by atoms with Gasteiger partial charge in [-0.3, -0.25) is 9.36 Å². The highest BCUT2D eigenvalue weighted by molar-refractivity contribution is 5.79. The van der Waals surface area contributed by atoms with E-state index in [1.807, 2.05) is 16.7 Å². The molecule has 0 spiro atoms. The molecule has 0 radical (unpaired) electrons. The van der Waals surface area contributed by atoms with Crippen LogP contribution in [0.3, 0.4) is 0 Å². The SMILES string of the molecule is CN1CCCCCn2c(nc3cc(C#Cc4cccc(F)c4)ccc3c2=O)CC1. The molecular weight excluding hydrogens is 365 g/mol. The molecule has 0 N–H and O–H groups in total. The minimum Gasteiger partial charge on any atom is -0.306 e. The highest BCUT2D eigenvalue weighted by atomic mass is 19.1. The van der Waals surface area contributed by atoms with Crippen LogP contribution in [0.4, 0.5) is 4.39 Å². The van der Waals surface area contributed by atoms with E-state index in [9.17, 15) is 9.18 Å². The van der Waals surface area contributed by atoms with Gasteiger partial charge in [0.15, 0.2) is 0 Å². The number of nitrogens with zero attached hydrogens (tertiary/aromatic N) is 3. The molecule has 0 saturated heterocycles. The van der Waals surface area contributed by atoms with E-state index in [0.29, 0.717) is 16.5 Å².